The number of para-hydroxylation sites is 1. The van der Waals surface area contributed by atoms with Gasteiger partial charge >= 0.3 is 6.18 Å². The number of halogens is 4. The fraction of sp³-hybridized carbons (Fsp3) is 0.238. The normalized spacial score (nSPS) is 11.7. The van der Waals surface area contributed by atoms with Crippen LogP contribution in [0, 0.1) is 0 Å². The van der Waals surface area contributed by atoms with Gasteiger partial charge in [-0.1, -0.05) is 23.7 Å². The minimum atomic E-state index is -4.55. The van der Waals surface area contributed by atoms with Gasteiger partial charge in [0.05, 0.1) is 30.4 Å². The number of hydrogen-bond donors (Lipinski definition) is 1. The molecule has 0 aliphatic rings. The Bertz CT molecular complexity index is 1070. The van der Waals surface area contributed by atoms with Crippen LogP contribution in [-0.2, 0) is 17.5 Å². The van der Waals surface area contributed by atoms with E-state index in [2.05, 4.69) is 10.3 Å². The van der Waals surface area contributed by atoms with Crippen molar-refractivity contribution in [1.29, 1.82) is 0 Å². The number of amides is 1. The summed E-state index contributed by atoms with van der Waals surface area (Å²) in [5.74, 6) is 0.0931. The Morgan fingerprint density at radius 1 is 1.20 bits per heavy atom. The number of aromatic nitrogens is 1. The molecular formula is C21H19ClF3N3O2. The molecule has 0 atom stereocenters. The van der Waals surface area contributed by atoms with Crippen LogP contribution in [0.3, 0.4) is 0 Å². The molecule has 3 aromatic rings. The van der Waals surface area contributed by atoms with Crippen LogP contribution in [0.2, 0.25) is 5.15 Å². The van der Waals surface area contributed by atoms with Crippen LogP contribution < -0.4 is 10.1 Å². The average Bonchev–Trinajstić information content (AvgIpc) is 2.67. The largest absolute Gasteiger partial charge is 0.497 e. The fourth-order valence-corrected chi connectivity index (χ4v) is 3.23. The summed E-state index contributed by atoms with van der Waals surface area (Å²) < 4.78 is 44.4. The lowest BCUT2D eigenvalue weighted by Gasteiger charge is -2.18. The Hall–Kier alpha value is -2.84. The number of nitrogens with one attached hydrogen (secondary N) is 1. The first kappa shape index (κ1) is 21.9. The lowest BCUT2D eigenvalue weighted by molar-refractivity contribution is -0.137. The van der Waals surface area contributed by atoms with Gasteiger partial charge < -0.3 is 10.1 Å². The molecule has 0 radical (unpaired) electrons. The molecule has 0 aliphatic carbocycles. The van der Waals surface area contributed by atoms with Gasteiger partial charge in [-0.15, -0.1) is 0 Å². The van der Waals surface area contributed by atoms with Crippen molar-refractivity contribution in [2.75, 3.05) is 26.0 Å². The number of benzene rings is 2. The molecule has 1 N–H and O–H groups in total. The van der Waals surface area contributed by atoms with E-state index < -0.39 is 17.6 Å². The topological polar surface area (TPSA) is 54.5 Å². The lowest BCUT2D eigenvalue weighted by atomic mass is 10.1. The molecule has 5 nitrogen and oxygen atoms in total. The zero-order valence-electron chi connectivity index (χ0n) is 16.3. The van der Waals surface area contributed by atoms with Crippen LogP contribution >= 0.6 is 11.6 Å². The van der Waals surface area contributed by atoms with Crippen molar-refractivity contribution < 1.29 is 22.7 Å². The van der Waals surface area contributed by atoms with E-state index in [0.29, 0.717) is 23.4 Å². The van der Waals surface area contributed by atoms with Crippen LogP contribution in [0.4, 0.5) is 18.9 Å². The minimum Gasteiger partial charge on any atom is -0.497 e. The number of ether oxygens (including phenoxy) is 1. The van der Waals surface area contributed by atoms with Crippen molar-refractivity contribution in [1.82, 2.24) is 9.88 Å². The van der Waals surface area contributed by atoms with Crippen LogP contribution in [-0.4, -0.2) is 36.5 Å². The second kappa shape index (κ2) is 8.89. The molecule has 3 rings (SSSR count). The molecule has 0 saturated carbocycles. The molecule has 0 fully saturated rings. The maximum Gasteiger partial charge on any atom is 0.418 e. The average molecular weight is 438 g/mol. The summed E-state index contributed by atoms with van der Waals surface area (Å²) in [6, 6.07) is 12.1. The van der Waals surface area contributed by atoms with Crippen LogP contribution in [0.5, 0.6) is 5.75 Å². The van der Waals surface area contributed by atoms with E-state index in [1.54, 1.807) is 31.2 Å². The first-order chi connectivity index (χ1) is 14.2. The lowest BCUT2D eigenvalue weighted by Crippen LogP contribution is -2.30. The van der Waals surface area contributed by atoms with Crippen molar-refractivity contribution in [3.05, 3.63) is 64.8 Å². The highest BCUT2D eigenvalue weighted by Gasteiger charge is 2.33. The first-order valence-corrected chi connectivity index (χ1v) is 9.33. The molecule has 0 spiro atoms. The number of alkyl halides is 3. The number of carbonyl (C=O) groups is 1. The summed E-state index contributed by atoms with van der Waals surface area (Å²) >= 11 is 6.28. The van der Waals surface area contributed by atoms with Gasteiger partial charge in [0.1, 0.15) is 10.9 Å². The fourth-order valence-electron chi connectivity index (χ4n) is 3.03. The molecule has 1 amide bonds. The second-order valence-corrected chi connectivity index (χ2v) is 7.12. The van der Waals surface area contributed by atoms with Gasteiger partial charge in [0.2, 0.25) is 5.91 Å². The summed E-state index contributed by atoms with van der Waals surface area (Å²) in [5, 5.41) is 3.46. The predicted octanol–water partition coefficient (Wildman–Crippen LogP) is 4.99. The van der Waals surface area contributed by atoms with Gasteiger partial charge in [0, 0.05) is 23.6 Å². The summed E-state index contributed by atoms with van der Waals surface area (Å²) in [4.78, 5) is 18.3. The van der Waals surface area contributed by atoms with E-state index in [0.717, 1.165) is 11.5 Å². The molecule has 0 bridgehead atoms. The summed E-state index contributed by atoms with van der Waals surface area (Å²) in [6.45, 7) is 0.172. The third kappa shape index (κ3) is 5.20. The molecule has 1 aromatic heterocycles. The molecule has 1 heterocycles. The number of carbonyl (C=O) groups excluding carboxylic acids is 1. The van der Waals surface area contributed by atoms with Crippen LogP contribution in [0.25, 0.3) is 10.9 Å². The minimum absolute atomic E-state index is 0.122. The molecule has 0 aliphatic heterocycles. The van der Waals surface area contributed by atoms with Crippen molar-refractivity contribution in [3.63, 3.8) is 0 Å². The standard InChI is InChI=1S/C21H19ClF3N3O2/c1-28(12-19(29)26-17-6-4-3-5-16(17)21(23,24)25)11-14-9-13-7-8-15(30-2)10-18(13)27-20(14)22/h3-10H,11-12H2,1-2H3,(H,26,29). The Balaban J connectivity index is 1.69. The Kier molecular flexibility index (Phi) is 6.48. The van der Waals surface area contributed by atoms with E-state index in [-0.39, 0.29) is 17.4 Å². The van der Waals surface area contributed by atoms with E-state index in [4.69, 9.17) is 16.3 Å². The van der Waals surface area contributed by atoms with Gasteiger partial charge in [0.15, 0.2) is 0 Å². The third-order valence-electron chi connectivity index (χ3n) is 4.41. The Morgan fingerprint density at radius 2 is 1.93 bits per heavy atom. The van der Waals surface area contributed by atoms with Gasteiger partial charge in [-0.05, 0) is 37.4 Å². The number of pyridine rings is 1. The molecule has 0 saturated heterocycles. The highest BCUT2D eigenvalue weighted by atomic mass is 35.5. The van der Waals surface area contributed by atoms with Crippen LogP contribution in [0.1, 0.15) is 11.1 Å². The monoisotopic (exact) mass is 437 g/mol. The van der Waals surface area contributed by atoms with Crippen LogP contribution in [0.15, 0.2) is 48.5 Å². The summed E-state index contributed by atoms with van der Waals surface area (Å²) in [6.07, 6.45) is -4.55. The number of methoxy groups -OCH3 is 1. The summed E-state index contributed by atoms with van der Waals surface area (Å²) in [5.41, 5.74) is 0.202. The number of fused-ring (bicyclic) bond motifs is 1. The van der Waals surface area contributed by atoms with E-state index in [9.17, 15) is 18.0 Å². The first-order valence-electron chi connectivity index (χ1n) is 8.95. The highest BCUT2D eigenvalue weighted by Crippen LogP contribution is 2.34. The third-order valence-corrected chi connectivity index (χ3v) is 4.74. The number of hydrogen-bond acceptors (Lipinski definition) is 4. The van der Waals surface area contributed by atoms with E-state index in [1.807, 2.05) is 12.1 Å². The van der Waals surface area contributed by atoms with Crippen molar-refractivity contribution in [3.8, 4) is 5.75 Å². The molecular weight excluding hydrogens is 419 g/mol. The van der Waals surface area contributed by atoms with Crippen molar-refractivity contribution in [2.45, 2.75) is 12.7 Å². The smallest absolute Gasteiger partial charge is 0.418 e. The summed E-state index contributed by atoms with van der Waals surface area (Å²) in [7, 11) is 3.23. The number of rotatable bonds is 6. The maximum absolute atomic E-state index is 13.1. The van der Waals surface area contributed by atoms with Gasteiger partial charge in [-0.25, -0.2) is 4.98 Å². The van der Waals surface area contributed by atoms with Gasteiger partial charge in [-0.2, -0.15) is 13.2 Å². The zero-order valence-corrected chi connectivity index (χ0v) is 17.0. The predicted molar refractivity (Wildman–Crippen MR) is 110 cm³/mol. The SMILES string of the molecule is COc1ccc2cc(CN(C)CC(=O)Nc3ccccc3C(F)(F)F)c(Cl)nc2c1. The molecule has 9 heteroatoms. The van der Waals surface area contributed by atoms with Crippen molar-refractivity contribution in [2.24, 2.45) is 0 Å². The van der Waals surface area contributed by atoms with E-state index >= 15 is 0 Å². The number of likely N-dealkylation sites (N-methyl/N-ethyl adjacent to an activating group) is 1. The number of anilines is 1. The second-order valence-electron chi connectivity index (χ2n) is 6.76. The van der Waals surface area contributed by atoms with Crippen molar-refractivity contribution >= 4 is 34.1 Å². The van der Waals surface area contributed by atoms with E-state index in [1.165, 1.54) is 18.2 Å². The molecule has 2 aromatic carbocycles. The molecule has 0 unspecified atom stereocenters. The molecule has 158 valence electrons. The quantitative estimate of drug-likeness (QED) is 0.552. The highest BCUT2D eigenvalue weighted by molar-refractivity contribution is 6.30. The van der Waals surface area contributed by atoms with Gasteiger partial charge in [-0.3, -0.25) is 9.69 Å². The number of nitrogens with zero attached hydrogens (tertiary/aromatic N) is 2. The maximum atomic E-state index is 13.1. The Labute approximate surface area is 176 Å². The zero-order chi connectivity index (χ0) is 21.9. The molecule has 30 heavy (non-hydrogen) atoms. The van der Waals surface area contributed by atoms with Gasteiger partial charge in [0.25, 0.3) is 0 Å². The Morgan fingerprint density at radius 3 is 2.63 bits per heavy atom.